The maximum atomic E-state index is 12.5. The maximum Gasteiger partial charge on any atom is 0.414 e. The second-order valence-electron chi connectivity index (χ2n) is 6.57. The van der Waals surface area contributed by atoms with E-state index in [-0.39, 0.29) is 18.2 Å². The van der Waals surface area contributed by atoms with Crippen molar-refractivity contribution in [2.45, 2.75) is 5.92 Å². The smallest absolute Gasteiger partial charge is 0.414 e. The van der Waals surface area contributed by atoms with Gasteiger partial charge in [0.1, 0.15) is 12.3 Å². The lowest BCUT2D eigenvalue weighted by molar-refractivity contribution is 0.0690. The third kappa shape index (κ3) is 3.09. The largest absolute Gasteiger partial charge is 0.477 e. The normalized spacial score (nSPS) is 12.2. The van der Waals surface area contributed by atoms with Crippen LogP contribution in [0.5, 0.6) is 0 Å². The van der Waals surface area contributed by atoms with Crippen LogP contribution in [-0.4, -0.2) is 35.8 Å². The topological polar surface area (TPSA) is 79.7 Å². The number of carbonyl (C=O) groups is 2. The summed E-state index contributed by atoms with van der Waals surface area (Å²) >= 11 is 0. The Hall–Kier alpha value is -3.67. The summed E-state index contributed by atoms with van der Waals surface area (Å²) in [5, 5.41) is 8.92. The predicted octanol–water partition coefficient (Wildman–Crippen LogP) is 4.17. The Morgan fingerprint density at radius 1 is 1.00 bits per heavy atom. The van der Waals surface area contributed by atoms with Gasteiger partial charge in [-0.1, -0.05) is 48.5 Å². The Bertz CT molecular complexity index is 1000. The number of fused-ring (bicyclic) bond motifs is 3. The Morgan fingerprint density at radius 3 is 2.14 bits per heavy atom. The van der Waals surface area contributed by atoms with E-state index in [1.54, 1.807) is 7.05 Å². The Labute approximate surface area is 162 Å². The van der Waals surface area contributed by atoms with Crippen LogP contribution in [0.1, 0.15) is 27.5 Å². The van der Waals surface area contributed by atoms with Gasteiger partial charge >= 0.3 is 12.1 Å². The van der Waals surface area contributed by atoms with E-state index in [1.165, 1.54) is 34.4 Å². The number of amides is 1. The van der Waals surface area contributed by atoms with E-state index in [0.717, 1.165) is 11.1 Å². The predicted molar refractivity (Wildman–Crippen MR) is 105 cm³/mol. The second-order valence-corrected chi connectivity index (χ2v) is 6.57. The molecule has 0 saturated carbocycles. The average Bonchev–Trinajstić information content (AvgIpc) is 3.05. The third-order valence-corrected chi connectivity index (χ3v) is 4.96. The van der Waals surface area contributed by atoms with E-state index in [9.17, 15) is 9.59 Å². The summed E-state index contributed by atoms with van der Waals surface area (Å²) in [6.07, 6.45) is 0.817. The monoisotopic (exact) mass is 374 g/mol. The van der Waals surface area contributed by atoms with E-state index in [2.05, 4.69) is 29.2 Å². The Kier molecular flexibility index (Phi) is 4.53. The lowest BCUT2D eigenvalue weighted by Crippen LogP contribution is -2.28. The lowest BCUT2D eigenvalue weighted by atomic mass is 9.98. The number of carboxylic acids is 1. The highest BCUT2D eigenvalue weighted by molar-refractivity contribution is 5.89. The number of nitrogens with zero attached hydrogens (tertiary/aromatic N) is 2. The van der Waals surface area contributed by atoms with Crippen LogP contribution >= 0.6 is 0 Å². The van der Waals surface area contributed by atoms with E-state index in [1.807, 2.05) is 24.3 Å². The molecule has 1 amide bonds. The standard InChI is InChI=1S/C22H18N2O4/c1-24(14-10-11-20(21(25)26)23-12-14)22(27)28-13-19-17-8-4-2-6-15(17)16-7-3-5-9-18(16)19/h2-12,19H,13H2,1H3,(H,25,26). The van der Waals surface area contributed by atoms with Crippen molar-refractivity contribution in [3.63, 3.8) is 0 Å². The quantitative estimate of drug-likeness (QED) is 0.742. The molecule has 6 nitrogen and oxygen atoms in total. The van der Waals surface area contributed by atoms with Gasteiger partial charge in [0.05, 0.1) is 11.9 Å². The van der Waals surface area contributed by atoms with E-state index >= 15 is 0 Å². The molecule has 140 valence electrons. The molecule has 1 N–H and O–H groups in total. The van der Waals surface area contributed by atoms with Gasteiger partial charge in [-0.3, -0.25) is 4.90 Å². The van der Waals surface area contributed by atoms with Gasteiger partial charge in [-0.05, 0) is 34.4 Å². The number of aromatic carboxylic acids is 1. The molecule has 1 heterocycles. The molecule has 28 heavy (non-hydrogen) atoms. The van der Waals surface area contributed by atoms with Gasteiger partial charge in [-0.2, -0.15) is 0 Å². The first kappa shape index (κ1) is 17.7. The van der Waals surface area contributed by atoms with Crippen LogP contribution in [0.2, 0.25) is 0 Å². The number of ether oxygens (including phenoxy) is 1. The molecule has 0 radical (unpaired) electrons. The van der Waals surface area contributed by atoms with Crippen molar-refractivity contribution in [1.82, 2.24) is 4.98 Å². The first-order chi connectivity index (χ1) is 13.6. The molecule has 1 aromatic heterocycles. The van der Waals surface area contributed by atoms with Gasteiger partial charge in [0, 0.05) is 13.0 Å². The third-order valence-electron chi connectivity index (χ3n) is 4.96. The van der Waals surface area contributed by atoms with Gasteiger partial charge in [0.2, 0.25) is 0 Å². The summed E-state index contributed by atoms with van der Waals surface area (Å²) < 4.78 is 5.58. The minimum absolute atomic E-state index is 0.0164. The van der Waals surface area contributed by atoms with Crippen LogP contribution in [0.25, 0.3) is 11.1 Å². The second kappa shape index (κ2) is 7.15. The number of pyridine rings is 1. The molecular formula is C22H18N2O4. The zero-order valence-electron chi connectivity index (χ0n) is 15.2. The van der Waals surface area contributed by atoms with Crippen molar-refractivity contribution in [3.8, 4) is 11.1 Å². The van der Waals surface area contributed by atoms with Crippen molar-refractivity contribution < 1.29 is 19.4 Å². The van der Waals surface area contributed by atoms with Gasteiger partial charge < -0.3 is 9.84 Å². The molecule has 1 aliphatic rings. The van der Waals surface area contributed by atoms with Crippen molar-refractivity contribution in [2.24, 2.45) is 0 Å². The molecule has 0 unspecified atom stereocenters. The molecule has 0 atom stereocenters. The molecule has 0 spiro atoms. The number of anilines is 1. The van der Waals surface area contributed by atoms with Crippen molar-refractivity contribution in [1.29, 1.82) is 0 Å². The van der Waals surface area contributed by atoms with Crippen LogP contribution < -0.4 is 4.90 Å². The summed E-state index contributed by atoms with van der Waals surface area (Å²) in [4.78, 5) is 28.5. The van der Waals surface area contributed by atoms with Crippen LogP contribution in [0, 0.1) is 0 Å². The highest BCUT2D eigenvalue weighted by atomic mass is 16.6. The molecule has 0 aliphatic heterocycles. The molecule has 1 aliphatic carbocycles. The van der Waals surface area contributed by atoms with Crippen LogP contribution in [0.3, 0.4) is 0 Å². The minimum atomic E-state index is -1.12. The van der Waals surface area contributed by atoms with Crippen LogP contribution in [0.4, 0.5) is 10.5 Å². The van der Waals surface area contributed by atoms with Gasteiger partial charge in [-0.25, -0.2) is 14.6 Å². The van der Waals surface area contributed by atoms with E-state index < -0.39 is 12.1 Å². The molecular weight excluding hydrogens is 356 g/mol. The Balaban J connectivity index is 1.50. The zero-order chi connectivity index (χ0) is 19.7. The maximum absolute atomic E-state index is 12.5. The molecule has 3 aromatic rings. The summed E-state index contributed by atoms with van der Waals surface area (Å²) in [6.45, 7) is 0.220. The highest BCUT2D eigenvalue weighted by Crippen LogP contribution is 2.44. The SMILES string of the molecule is CN(C(=O)OCC1c2ccccc2-c2ccccc21)c1ccc(C(=O)O)nc1. The van der Waals surface area contributed by atoms with E-state index in [4.69, 9.17) is 9.84 Å². The summed E-state index contributed by atoms with van der Waals surface area (Å²) in [5.41, 5.74) is 5.01. The lowest BCUT2D eigenvalue weighted by Gasteiger charge is -2.19. The molecule has 2 aromatic carbocycles. The van der Waals surface area contributed by atoms with Crippen molar-refractivity contribution in [3.05, 3.63) is 83.7 Å². The fraction of sp³-hybridized carbons (Fsp3) is 0.136. The van der Waals surface area contributed by atoms with E-state index in [0.29, 0.717) is 5.69 Å². The first-order valence-corrected chi connectivity index (χ1v) is 8.84. The molecule has 6 heteroatoms. The Morgan fingerprint density at radius 2 is 1.61 bits per heavy atom. The summed E-state index contributed by atoms with van der Waals surface area (Å²) in [5.74, 6) is -1.13. The molecule has 0 fully saturated rings. The number of rotatable bonds is 4. The number of carboxylic acid groups (broad SMARTS) is 1. The first-order valence-electron chi connectivity index (χ1n) is 8.84. The van der Waals surface area contributed by atoms with Crippen LogP contribution in [0.15, 0.2) is 66.9 Å². The van der Waals surface area contributed by atoms with Gasteiger partial charge in [0.25, 0.3) is 0 Å². The molecule has 4 rings (SSSR count). The highest BCUT2D eigenvalue weighted by Gasteiger charge is 2.29. The molecule has 0 saturated heterocycles. The van der Waals surface area contributed by atoms with Crippen molar-refractivity contribution >= 4 is 17.7 Å². The minimum Gasteiger partial charge on any atom is -0.477 e. The van der Waals surface area contributed by atoms with Crippen LogP contribution in [-0.2, 0) is 4.74 Å². The van der Waals surface area contributed by atoms with Gasteiger partial charge in [0.15, 0.2) is 0 Å². The number of carbonyl (C=O) groups excluding carboxylic acids is 1. The zero-order valence-corrected chi connectivity index (χ0v) is 15.2. The number of hydrogen-bond acceptors (Lipinski definition) is 4. The number of benzene rings is 2. The summed E-state index contributed by atoms with van der Waals surface area (Å²) in [6, 6.07) is 19.1. The van der Waals surface area contributed by atoms with Crippen molar-refractivity contribution in [2.75, 3.05) is 18.6 Å². The van der Waals surface area contributed by atoms with Gasteiger partial charge in [-0.15, -0.1) is 0 Å². The number of aromatic nitrogens is 1. The fourth-order valence-electron chi connectivity index (χ4n) is 3.51. The molecule has 0 bridgehead atoms. The fourth-order valence-corrected chi connectivity index (χ4v) is 3.51. The summed E-state index contributed by atoms with van der Waals surface area (Å²) in [7, 11) is 1.57. The number of hydrogen-bond donors (Lipinski definition) is 1. The average molecular weight is 374 g/mol.